The Bertz CT molecular complexity index is 1220. The number of aromatic nitrogens is 4. The molecule has 1 N–H and O–H groups in total. The summed E-state index contributed by atoms with van der Waals surface area (Å²) in [6.45, 7) is 4.82. The summed E-state index contributed by atoms with van der Waals surface area (Å²) in [7, 11) is 0. The van der Waals surface area contributed by atoms with Gasteiger partial charge >= 0.3 is 6.18 Å². The average Bonchev–Trinajstić information content (AvgIpc) is 3.24. The van der Waals surface area contributed by atoms with E-state index >= 15 is 0 Å². The summed E-state index contributed by atoms with van der Waals surface area (Å²) >= 11 is 0. The van der Waals surface area contributed by atoms with Crippen molar-refractivity contribution in [3.63, 3.8) is 0 Å². The number of carbonyl (C=O) groups is 1. The van der Waals surface area contributed by atoms with Gasteiger partial charge in [-0.25, -0.2) is 14.6 Å². The molecule has 1 aliphatic carbocycles. The van der Waals surface area contributed by atoms with Crippen LogP contribution >= 0.6 is 0 Å². The normalized spacial score (nSPS) is 19.0. The summed E-state index contributed by atoms with van der Waals surface area (Å²) in [5, 5.41) is 7.47. The highest BCUT2D eigenvalue weighted by Gasteiger charge is 2.53. The van der Waals surface area contributed by atoms with E-state index in [2.05, 4.69) is 20.4 Å². The second kappa shape index (κ2) is 8.11. The van der Waals surface area contributed by atoms with Gasteiger partial charge in [0.25, 0.3) is 5.91 Å². The highest BCUT2D eigenvalue weighted by molar-refractivity contribution is 5.96. The predicted octanol–water partition coefficient (Wildman–Crippen LogP) is 4.40. The van der Waals surface area contributed by atoms with Gasteiger partial charge in [0.15, 0.2) is 5.69 Å². The zero-order valence-corrected chi connectivity index (χ0v) is 18.9. The summed E-state index contributed by atoms with van der Waals surface area (Å²) in [6, 6.07) is 5.91. The fraction of sp³-hybridized carbons (Fsp3) is 0.417. The molecule has 1 saturated carbocycles. The Balaban J connectivity index is 1.37. The number of likely N-dealkylation sites (tertiary alicyclic amines) is 1. The number of alkyl halides is 3. The van der Waals surface area contributed by atoms with Crippen molar-refractivity contribution in [1.29, 1.82) is 0 Å². The van der Waals surface area contributed by atoms with Gasteiger partial charge in [-0.15, -0.1) is 0 Å². The van der Waals surface area contributed by atoms with Crippen molar-refractivity contribution < 1.29 is 18.0 Å². The molecule has 3 aromatic heterocycles. The van der Waals surface area contributed by atoms with Crippen LogP contribution in [0.2, 0.25) is 0 Å². The molecule has 34 heavy (non-hydrogen) atoms. The molecule has 2 aliphatic rings. The second-order valence-corrected chi connectivity index (χ2v) is 9.38. The molecule has 0 radical (unpaired) electrons. The molecule has 7 nitrogen and oxygen atoms in total. The highest BCUT2D eigenvalue weighted by atomic mass is 19.4. The van der Waals surface area contributed by atoms with Crippen LogP contribution < -0.4 is 5.32 Å². The average molecular weight is 470 g/mol. The minimum Gasteiger partial charge on any atom is -0.368 e. The molecule has 4 heterocycles. The Morgan fingerprint density at radius 2 is 1.97 bits per heavy atom. The van der Waals surface area contributed by atoms with Gasteiger partial charge in [0.2, 0.25) is 0 Å². The number of hydrogen-bond donors (Lipinski definition) is 1. The first-order valence-corrected chi connectivity index (χ1v) is 11.2. The van der Waals surface area contributed by atoms with Crippen molar-refractivity contribution in [2.45, 2.75) is 45.3 Å². The quantitative estimate of drug-likeness (QED) is 0.598. The van der Waals surface area contributed by atoms with Gasteiger partial charge in [-0.1, -0.05) is 0 Å². The Kier molecular flexibility index (Phi) is 5.33. The number of pyridine rings is 2. The van der Waals surface area contributed by atoms with Crippen LogP contribution in [0.1, 0.15) is 46.6 Å². The maximum Gasteiger partial charge on any atom is 0.417 e. The molecule has 1 spiro atoms. The summed E-state index contributed by atoms with van der Waals surface area (Å²) in [5.41, 5.74) is 2.01. The molecule has 1 saturated heterocycles. The lowest BCUT2D eigenvalue weighted by Gasteiger charge is -2.26. The fourth-order valence-electron chi connectivity index (χ4n) is 4.58. The molecule has 1 atom stereocenters. The van der Waals surface area contributed by atoms with Gasteiger partial charge in [0, 0.05) is 37.2 Å². The smallest absolute Gasteiger partial charge is 0.368 e. The lowest BCUT2D eigenvalue weighted by molar-refractivity contribution is -0.137. The number of rotatable bonds is 5. The lowest BCUT2D eigenvalue weighted by atomic mass is 10.0. The first-order valence-electron chi connectivity index (χ1n) is 11.2. The number of nitrogens with zero attached hydrogens (tertiary/aromatic N) is 5. The fourth-order valence-corrected chi connectivity index (χ4v) is 4.58. The second-order valence-electron chi connectivity index (χ2n) is 9.38. The van der Waals surface area contributed by atoms with Crippen molar-refractivity contribution in [3.8, 4) is 5.69 Å². The molecule has 178 valence electrons. The van der Waals surface area contributed by atoms with E-state index in [4.69, 9.17) is 0 Å². The molecular formula is C24H25F3N6O. The van der Waals surface area contributed by atoms with Crippen molar-refractivity contribution in [1.82, 2.24) is 24.6 Å². The number of carbonyl (C=O) groups excluding carboxylic acids is 1. The maximum absolute atomic E-state index is 13.7. The lowest BCUT2D eigenvalue weighted by Crippen LogP contribution is -2.40. The zero-order valence-electron chi connectivity index (χ0n) is 18.9. The minimum atomic E-state index is -4.43. The molecule has 3 aromatic rings. The van der Waals surface area contributed by atoms with Crippen LogP contribution in [0.5, 0.6) is 0 Å². The Hall–Kier alpha value is -3.43. The Morgan fingerprint density at radius 1 is 1.18 bits per heavy atom. The zero-order chi connectivity index (χ0) is 24.1. The van der Waals surface area contributed by atoms with Crippen LogP contribution in [-0.4, -0.2) is 49.7 Å². The van der Waals surface area contributed by atoms with E-state index in [0.717, 1.165) is 42.8 Å². The number of nitrogens with one attached hydrogen (secondary N) is 1. The van der Waals surface area contributed by atoms with Crippen LogP contribution in [0, 0.1) is 19.3 Å². The number of halogens is 3. The molecule has 10 heteroatoms. The van der Waals surface area contributed by atoms with E-state index in [1.54, 1.807) is 10.9 Å². The van der Waals surface area contributed by atoms with Gasteiger partial charge in [-0.05, 0) is 68.4 Å². The van der Waals surface area contributed by atoms with E-state index in [9.17, 15) is 18.0 Å². The highest BCUT2D eigenvalue weighted by Crippen LogP contribution is 2.55. The molecule has 2 fully saturated rings. The van der Waals surface area contributed by atoms with Crippen molar-refractivity contribution in [3.05, 3.63) is 65.4 Å². The van der Waals surface area contributed by atoms with E-state index in [1.807, 2.05) is 37.1 Å². The minimum absolute atomic E-state index is 0.117. The number of amides is 1. The molecule has 0 bridgehead atoms. The molecular weight excluding hydrogens is 445 g/mol. The molecule has 1 amide bonds. The molecule has 0 unspecified atom stereocenters. The third-order valence-electron chi connectivity index (χ3n) is 6.62. The number of hydrogen-bond acceptors (Lipinski definition) is 5. The standard InChI is InChI=1S/C24H25F3N6O/c1-15-10-30-33(13-15)19-5-3-16(2)31-21(19)22(34)32-14-23(7-8-23)9-18(32)12-29-20-6-4-17(11-28-20)24(25,26)27/h3-6,10-11,13,18H,7-9,12,14H2,1-2H3,(H,28,29)/t18-/m0/s1. The van der Waals surface area contributed by atoms with Gasteiger partial charge in [-0.2, -0.15) is 18.3 Å². The third kappa shape index (κ3) is 4.36. The SMILES string of the molecule is Cc1cnn(-c2ccc(C)nc2C(=O)N2CC3(CC3)C[C@H]2CNc2ccc(C(F)(F)F)cn2)c1. The van der Waals surface area contributed by atoms with Crippen LogP contribution in [0.25, 0.3) is 5.69 Å². The first kappa shape index (κ1) is 22.4. The summed E-state index contributed by atoms with van der Waals surface area (Å²) in [6.07, 6.45) is 2.95. The van der Waals surface area contributed by atoms with Gasteiger partial charge in [0.05, 0.1) is 17.4 Å². The van der Waals surface area contributed by atoms with E-state index < -0.39 is 11.7 Å². The maximum atomic E-state index is 13.7. The first-order chi connectivity index (χ1) is 16.1. The molecule has 1 aliphatic heterocycles. The van der Waals surface area contributed by atoms with E-state index in [0.29, 0.717) is 30.3 Å². The van der Waals surface area contributed by atoms with Crippen LogP contribution in [0.3, 0.4) is 0 Å². The molecule has 5 rings (SSSR count). The Labute approximate surface area is 195 Å². The van der Waals surface area contributed by atoms with E-state index in [1.165, 1.54) is 6.07 Å². The van der Waals surface area contributed by atoms with Crippen LogP contribution in [0.4, 0.5) is 19.0 Å². The molecule has 0 aromatic carbocycles. The topological polar surface area (TPSA) is 75.9 Å². The van der Waals surface area contributed by atoms with Crippen molar-refractivity contribution in [2.24, 2.45) is 5.41 Å². The van der Waals surface area contributed by atoms with Gasteiger partial charge < -0.3 is 10.2 Å². The largest absolute Gasteiger partial charge is 0.417 e. The van der Waals surface area contributed by atoms with Gasteiger partial charge in [0.1, 0.15) is 5.82 Å². The number of aryl methyl sites for hydroxylation is 2. The van der Waals surface area contributed by atoms with Crippen LogP contribution in [-0.2, 0) is 6.18 Å². The van der Waals surface area contributed by atoms with Gasteiger partial charge in [-0.3, -0.25) is 4.79 Å². The third-order valence-corrected chi connectivity index (χ3v) is 6.62. The van der Waals surface area contributed by atoms with Crippen molar-refractivity contribution in [2.75, 3.05) is 18.4 Å². The Morgan fingerprint density at radius 3 is 2.59 bits per heavy atom. The van der Waals surface area contributed by atoms with Crippen LogP contribution in [0.15, 0.2) is 42.9 Å². The summed E-state index contributed by atoms with van der Waals surface area (Å²) in [5.74, 6) is 0.182. The van der Waals surface area contributed by atoms with Crippen molar-refractivity contribution >= 4 is 11.7 Å². The predicted molar refractivity (Wildman–Crippen MR) is 120 cm³/mol. The number of anilines is 1. The summed E-state index contributed by atoms with van der Waals surface area (Å²) < 4.78 is 40.1. The van der Waals surface area contributed by atoms with E-state index in [-0.39, 0.29) is 17.4 Å². The summed E-state index contributed by atoms with van der Waals surface area (Å²) in [4.78, 5) is 24.1. The monoisotopic (exact) mass is 470 g/mol.